The molecule has 1 aliphatic rings. The summed E-state index contributed by atoms with van der Waals surface area (Å²) in [5.74, 6) is 0.643. The largest absolute Gasteiger partial charge is 0.487 e. The van der Waals surface area contributed by atoms with Gasteiger partial charge in [-0.3, -0.25) is 4.72 Å². The molecule has 124 valence electrons. The molecule has 0 fully saturated rings. The first-order valence-electron chi connectivity index (χ1n) is 6.63. The minimum Gasteiger partial charge on any atom is -0.487 e. The highest BCUT2D eigenvalue weighted by Gasteiger charge is 2.31. The second-order valence-corrected chi connectivity index (χ2v) is 8.35. The van der Waals surface area contributed by atoms with E-state index >= 15 is 0 Å². The standard InChI is InChI=1S/C13H13F2N3O3S2/c1-13(2)6-7-5-8(3-4-9(7)21-13)23(19,20)18-12-17-16-11(22-12)10(14)15/h3-5,10H,6H2,1-2H3,(H,17,18). The Morgan fingerprint density at radius 2 is 2.09 bits per heavy atom. The van der Waals surface area contributed by atoms with Gasteiger partial charge in [0, 0.05) is 6.42 Å². The molecule has 0 bridgehead atoms. The third kappa shape index (κ3) is 3.27. The molecule has 0 atom stereocenters. The number of aromatic nitrogens is 2. The van der Waals surface area contributed by atoms with Crippen LogP contribution in [0.2, 0.25) is 0 Å². The Labute approximate surface area is 135 Å². The summed E-state index contributed by atoms with van der Waals surface area (Å²) < 4.78 is 57.5. The van der Waals surface area contributed by atoms with E-state index in [4.69, 9.17) is 4.74 Å². The SMILES string of the molecule is CC1(C)Cc2cc(S(=O)(=O)Nc3nnc(C(F)F)s3)ccc2O1. The summed E-state index contributed by atoms with van der Waals surface area (Å²) in [6, 6.07) is 4.50. The third-order valence-corrected chi connectivity index (χ3v) is 5.51. The lowest BCUT2D eigenvalue weighted by Crippen LogP contribution is -2.24. The van der Waals surface area contributed by atoms with E-state index in [0.29, 0.717) is 23.5 Å². The van der Waals surface area contributed by atoms with Crippen molar-refractivity contribution in [3.05, 3.63) is 28.8 Å². The van der Waals surface area contributed by atoms with E-state index in [0.717, 1.165) is 5.56 Å². The van der Waals surface area contributed by atoms with Crippen LogP contribution in [0.25, 0.3) is 0 Å². The van der Waals surface area contributed by atoms with E-state index in [1.807, 2.05) is 13.8 Å². The van der Waals surface area contributed by atoms with Crippen LogP contribution in [0.15, 0.2) is 23.1 Å². The van der Waals surface area contributed by atoms with Crippen molar-refractivity contribution >= 4 is 26.5 Å². The van der Waals surface area contributed by atoms with Crippen LogP contribution < -0.4 is 9.46 Å². The summed E-state index contributed by atoms with van der Waals surface area (Å²) in [7, 11) is -3.93. The van der Waals surface area contributed by atoms with Crippen molar-refractivity contribution in [3.8, 4) is 5.75 Å². The van der Waals surface area contributed by atoms with E-state index < -0.39 is 21.5 Å². The first kappa shape index (κ1) is 16.1. The zero-order valence-corrected chi connectivity index (χ0v) is 13.8. The Morgan fingerprint density at radius 3 is 2.74 bits per heavy atom. The number of nitrogens with zero attached hydrogens (tertiary/aromatic N) is 2. The molecule has 0 amide bonds. The third-order valence-electron chi connectivity index (χ3n) is 3.19. The maximum atomic E-state index is 12.5. The monoisotopic (exact) mass is 361 g/mol. The molecule has 1 aliphatic heterocycles. The Bertz CT molecular complexity index is 850. The van der Waals surface area contributed by atoms with Crippen LogP contribution in [0.3, 0.4) is 0 Å². The lowest BCUT2D eigenvalue weighted by molar-refractivity contribution is 0.138. The molecule has 3 rings (SSSR count). The fraction of sp³-hybridized carbons (Fsp3) is 0.385. The Morgan fingerprint density at radius 1 is 1.35 bits per heavy atom. The second kappa shape index (κ2) is 5.38. The lowest BCUT2D eigenvalue weighted by atomic mass is 10.0. The molecule has 0 aliphatic carbocycles. The van der Waals surface area contributed by atoms with Gasteiger partial charge in [-0.2, -0.15) is 0 Å². The molecule has 10 heteroatoms. The molecule has 6 nitrogen and oxygen atoms in total. The summed E-state index contributed by atoms with van der Waals surface area (Å²) in [5.41, 5.74) is 0.396. The van der Waals surface area contributed by atoms with E-state index in [2.05, 4.69) is 14.9 Å². The maximum Gasteiger partial charge on any atom is 0.291 e. The fourth-order valence-electron chi connectivity index (χ4n) is 2.29. The van der Waals surface area contributed by atoms with Crippen LogP contribution in [0.5, 0.6) is 5.75 Å². The first-order valence-corrected chi connectivity index (χ1v) is 8.93. The van der Waals surface area contributed by atoms with Crippen LogP contribution in [0.1, 0.15) is 30.8 Å². The zero-order valence-electron chi connectivity index (χ0n) is 12.2. The van der Waals surface area contributed by atoms with E-state index in [1.165, 1.54) is 12.1 Å². The van der Waals surface area contributed by atoms with Crippen LogP contribution in [-0.4, -0.2) is 24.2 Å². The number of ether oxygens (including phenoxy) is 1. The van der Waals surface area contributed by atoms with Crippen LogP contribution in [0, 0.1) is 0 Å². The second-order valence-electron chi connectivity index (χ2n) is 5.66. The minimum absolute atomic E-state index is 0.0198. The normalized spacial score (nSPS) is 16.2. The average molecular weight is 361 g/mol. The van der Waals surface area contributed by atoms with Crippen molar-refractivity contribution in [1.82, 2.24) is 10.2 Å². The van der Waals surface area contributed by atoms with E-state index in [9.17, 15) is 17.2 Å². The zero-order chi connectivity index (χ0) is 16.8. The number of hydrogen-bond donors (Lipinski definition) is 1. The summed E-state index contributed by atoms with van der Waals surface area (Å²) >= 11 is 0.501. The van der Waals surface area contributed by atoms with E-state index in [-0.39, 0.29) is 15.6 Å². The molecule has 0 spiro atoms. The van der Waals surface area contributed by atoms with Crippen molar-refractivity contribution in [2.24, 2.45) is 0 Å². The summed E-state index contributed by atoms with van der Waals surface area (Å²) in [6.45, 7) is 3.82. The molecule has 2 aromatic rings. The number of hydrogen-bond acceptors (Lipinski definition) is 6. The fourth-order valence-corrected chi connectivity index (χ4v) is 4.17. The van der Waals surface area contributed by atoms with Crippen molar-refractivity contribution < 1.29 is 21.9 Å². The summed E-state index contributed by atoms with van der Waals surface area (Å²) in [6.07, 6.45) is -2.20. The number of benzene rings is 1. The highest BCUT2D eigenvalue weighted by Crippen LogP contribution is 2.36. The molecule has 1 aromatic carbocycles. The van der Waals surface area contributed by atoms with Gasteiger partial charge in [-0.05, 0) is 37.6 Å². The molecule has 0 unspecified atom stereocenters. The molecular weight excluding hydrogens is 348 g/mol. The maximum absolute atomic E-state index is 12.5. The molecule has 23 heavy (non-hydrogen) atoms. The summed E-state index contributed by atoms with van der Waals surface area (Å²) in [5, 5.41) is 5.93. The molecule has 2 heterocycles. The Kier molecular flexibility index (Phi) is 3.75. The van der Waals surface area contributed by atoms with Gasteiger partial charge in [-0.1, -0.05) is 11.3 Å². The number of alkyl halides is 2. The number of anilines is 1. The van der Waals surface area contributed by atoms with Crippen LogP contribution in [0.4, 0.5) is 13.9 Å². The van der Waals surface area contributed by atoms with Gasteiger partial charge < -0.3 is 4.74 Å². The van der Waals surface area contributed by atoms with E-state index in [1.54, 1.807) is 6.07 Å². The van der Waals surface area contributed by atoms with Crippen LogP contribution >= 0.6 is 11.3 Å². The van der Waals surface area contributed by atoms with Gasteiger partial charge in [0.05, 0.1) is 4.90 Å². The highest BCUT2D eigenvalue weighted by molar-refractivity contribution is 7.93. The Hall–Kier alpha value is -1.81. The molecule has 0 radical (unpaired) electrons. The molecule has 1 N–H and O–H groups in total. The smallest absolute Gasteiger partial charge is 0.291 e. The van der Waals surface area contributed by atoms with Crippen molar-refractivity contribution in [2.45, 2.75) is 37.2 Å². The predicted octanol–water partition coefficient (Wildman–Crippen LogP) is 2.99. The van der Waals surface area contributed by atoms with Gasteiger partial charge in [0.15, 0.2) is 5.01 Å². The van der Waals surface area contributed by atoms with Gasteiger partial charge in [-0.25, -0.2) is 17.2 Å². The minimum atomic E-state index is -3.93. The van der Waals surface area contributed by atoms with Crippen molar-refractivity contribution in [3.63, 3.8) is 0 Å². The first-order chi connectivity index (χ1) is 10.7. The molecule has 0 saturated heterocycles. The molecular formula is C13H13F2N3O3S2. The van der Waals surface area contributed by atoms with Gasteiger partial charge in [0.2, 0.25) is 5.13 Å². The summed E-state index contributed by atoms with van der Waals surface area (Å²) in [4.78, 5) is 0.0198. The molecule has 1 aromatic heterocycles. The van der Waals surface area contributed by atoms with Crippen LogP contribution in [-0.2, 0) is 16.4 Å². The Balaban J connectivity index is 1.86. The quantitative estimate of drug-likeness (QED) is 0.905. The lowest BCUT2D eigenvalue weighted by Gasteiger charge is -2.16. The average Bonchev–Trinajstić information content (AvgIpc) is 2.99. The number of nitrogens with one attached hydrogen (secondary N) is 1. The number of fused-ring (bicyclic) bond motifs is 1. The number of sulfonamides is 1. The van der Waals surface area contributed by atoms with Crippen molar-refractivity contribution in [2.75, 3.05) is 4.72 Å². The predicted molar refractivity (Wildman–Crippen MR) is 80.5 cm³/mol. The van der Waals surface area contributed by atoms with Gasteiger partial charge >= 0.3 is 0 Å². The van der Waals surface area contributed by atoms with Gasteiger partial charge in [0.25, 0.3) is 16.4 Å². The molecule has 0 saturated carbocycles. The van der Waals surface area contributed by atoms with Gasteiger partial charge in [-0.15, -0.1) is 10.2 Å². The highest BCUT2D eigenvalue weighted by atomic mass is 32.2. The number of halogens is 2. The van der Waals surface area contributed by atoms with Crippen molar-refractivity contribution in [1.29, 1.82) is 0 Å². The topological polar surface area (TPSA) is 81.2 Å². The van der Waals surface area contributed by atoms with Gasteiger partial charge in [0.1, 0.15) is 11.4 Å². The number of rotatable bonds is 4.